The number of ether oxygens (including phenoxy) is 2. The lowest BCUT2D eigenvalue weighted by atomic mass is 9.54. The van der Waals surface area contributed by atoms with Gasteiger partial charge in [0, 0.05) is 63.1 Å². The molecular formula is C22H36N4O3. The number of carbonyl (C=O) groups excluding carboxylic acids is 1. The van der Waals surface area contributed by atoms with Crippen LogP contribution in [0.1, 0.15) is 44.9 Å². The molecule has 1 amide bonds. The number of carbonyl (C=O) groups is 1. The molecule has 1 spiro atoms. The zero-order chi connectivity index (χ0) is 19.8. The van der Waals surface area contributed by atoms with Crippen molar-refractivity contribution in [3.8, 4) is 0 Å². The summed E-state index contributed by atoms with van der Waals surface area (Å²) >= 11 is 0. The summed E-state index contributed by atoms with van der Waals surface area (Å²) in [6, 6.07) is 0.504. The average molecular weight is 405 g/mol. The topological polar surface area (TPSA) is 66.4 Å². The fourth-order valence-corrected chi connectivity index (χ4v) is 6.72. The summed E-state index contributed by atoms with van der Waals surface area (Å²) in [5, 5.41) is 3.87. The molecule has 5 aliphatic rings. The van der Waals surface area contributed by atoms with Crippen LogP contribution in [0.2, 0.25) is 0 Å². The maximum Gasteiger partial charge on any atom is 0.225 e. The van der Waals surface area contributed by atoms with Gasteiger partial charge in [-0.1, -0.05) is 12.8 Å². The van der Waals surface area contributed by atoms with Crippen molar-refractivity contribution in [1.82, 2.24) is 15.1 Å². The molecule has 3 aliphatic heterocycles. The van der Waals surface area contributed by atoms with Crippen LogP contribution in [0.25, 0.3) is 0 Å². The van der Waals surface area contributed by atoms with E-state index in [4.69, 9.17) is 9.47 Å². The molecule has 5 fully saturated rings. The summed E-state index contributed by atoms with van der Waals surface area (Å²) in [6.07, 6.45) is 8.73. The molecule has 1 N–H and O–H groups in total. The van der Waals surface area contributed by atoms with Crippen molar-refractivity contribution < 1.29 is 14.3 Å². The molecule has 3 atom stereocenters. The second kappa shape index (κ2) is 8.06. The molecule has 29 heavy (non-hydrogen) atoms. The van der Waals surface area contributed by atoms with E-state index >= 15 is 0 Å². The van der Waals surface area contributed by atoms with Crippen LogP contribution >= 0.6 is 0 Å². The Bertz CT molecular complexity index is 634. The lowest BCUT2D eigenvalue weighted by Crippen LogP contribution is -2.69. The molecule has 7 nitrogen and oxygen atoms in total. The lowest BCUT2D eigenvalue weighted by molar-refractivity contribution is -0.141. The van der Waals surface area contributed by atoms with Crippen molar-refractivity contribution in [3.05, 3.63) is 0 Å². The van der Waals surface area contributed by atoms with E-state index in [0.717, 1.165) is 51.6 Å². The number of nitrogens with one attached hydrogen (secondary N) is 1. The summed E-state index contributed by atoms with van der Waals surface area (Å²) in [6.45, 7) is 5.58. The van der Waals surface area contributed by atoms with E-state index in [9.17, 15) is 4.79 Å². The van der Waals surface area contributed by atoms with Crippen LogP contribution in [0.15, 0.2) is 4.99 Å². The Kier molecular flexibility index (Phi) is 5.45. The van der Waals surface area contributed by atoms with Crippen molar-refractivity contribution in [2.45, 2.75) is 57.1 Å². The fraction of sp³-hybridized carbons (Fsp3) is 0.909. The third-order valence-electron chi connectivity index (χ3n) is 8.25. The fourth-order valence-electron chi connectivity index (χ4n) is 6.72. The van der Waals surface area contributed by atoms with Crippen LogP contribution in [-0.4, -0.2) is 86.9 Å². The SMILES string of the molecule is CN=C(NC1C2CCOC2C12CCCC2)N1CCC(C(=O)N2CCOCC2)CC1. The number of likely N-dealkylation sites (tertiary alicyclic amines) is 1. The molecule has 0 aromatic heterocycles. The summed E-state index contributed by atoms with van der Waals surface area (Å²) in [5.74, 6) is 2.15. The normalized spacial score (nSPS) is 34.9. The van der Waals surface area contributed by atoms with Crippen molar-refractivity contribution >= 4 is 11.9 Å². The van der Waals surface area contributed by atoms with E-state index in [1.807, 2.05) is 11.9 Å². The van der Waals surface area contributed by atoms with Crippen LogP contribution in [0.5, 0.6) is 0 Å². The Labute approximate surface area is 174 Å². The minimum atomic E-state index is 0.153. The molecule has 2 aliphatic carbocycles. The van der Waals surface area contributed by atoms with Crippen molar-refractivity contribution in [2.75, 3.05) is 53.0 Å². The van der Waals surface area contributed by atoms with E-state index < -0.39 is 0 Å². The first-order valence-corrected chi connectivity index (χ1v) is 11.7. The van der Waals surface area contributed by atoms with Gasteiger partial charge in [0.05, 0.1) is 19.3 Å². The summed E-state index contributed by atoms with van der Waals surface area (Å²) in [7, 11) is 1.90. The molecule has 0 aromatic carbocycles. The van der Waals surface area contributed by atoms with Gasteiger partial charge in [-0.15, -0.1) is 0 Å². The average Bonchev–Trinajstić information content (AvgIpc) is 3.44. The number of rotatable bonds is 2. The summed E-state index contributed by atoms with van der Waals surface area (Å²) in [5.41, 5.74) is 0.335. The highest BCUT2D eigenvalue weighted by molar-refractivity contribution is 5.82. The van der Waals surface area contributed by atoms with E-state index in [2.05, 4.69) is 15.2 Å². The molecule has 2 saturated carbocycles. The number of guanidine groups is 1. The minimum absolute atomic E-state index is 0.153. The third-order valence-corrected chi connectivity index (χ3v) is 8.25. The molecular weight excluding hydrogens is 368 g/mol. The molecule has 3 unspecified atom stereocenters. The maximum absolute atomic E-state index is 12.8. The first-order valence-electron chi connectivity index (χ1n) is 11.7. The number of fused-ring (bicyclic) bond motifs is 2. The molecule has 5 rings (SSSR count). The van der Waals surface area contributed by atoms with Gasteiger partial charge < -0.3 is 24.6 Å². The van der Waals surface area contributed by atoms with Gasteiger partial charge in [-0.25, -0.2) is 0 Å². The standard InChI is InChI=1S/C22H36N4O3/c1-23-21(24-18-17-6-13-29-19(17)22(18)7-2-3-8-22)26-9-4-16(5-10-26)20(27)25-11-14-28-15-12-25/h16-19H,2-15H2,1H3,(H,23,24). The molecule has 3 heterocycles. The predicted molar refractivity (Wildman–Crippen MR) is 111 cm³/mol. The Balaban J connectivity index is 1.18. The second-order valence-corrected chi connectivity index (χ2v) is 9.55. The molecule has 0 aromatic rings. The predicted octanol–water partition coefficient (Wildman–Crippen LogP) is 1.48. The highest BCUT2D eigenvalue weighted by Crippen LogP contribution is 2.60. The molecule has 7 heteroatoms. The van der Waals surface area contributed by atoms with E-state index in [-0.39, 0.29) is 5.92 Å². The van der Waals surface area contributed by atoms with Crippen LogP contribution in [-0.2, 0) is 14.3 Å². The Morgan fingerprint density at radius 2 is 1.72 bits per heavy atom. The van der Waals surface area contributed by atoms with Crippen LogP contribution in [0.4, 0.5) is 0 Å². The number of hydrogen-bond donors (Lipinski definition) is 1. The number of nitrogens with zero attached hydrogens (tertiary/aromatic N) is 3. The Morgan fingerprint density at radius 3 is 2.41 bits per heavy atom. The second-order valence-electron chi connectivity index (χ2n) is 9.55. The lowest BCUT2D eigenvalue weighted by Gasteiger charge is -2.57. The van der Waals surface area contributed by atoms with Crippen LogP contribution in [0.3, 0.4) is 0 Å². The van der Waals surface area contributed by atoms with Crippen LogP contribution < -0.4 is 5.32 Å². The first kappa shape index (κ1) is 19.6. The van der Waals surface area contributed by atoms with Gasteiger partial charge >= 0.3 is 0 Å². The number of morpholine rings is 1. The Morgan fingerprint density at radius 1 is 1.00 bits per heavy atom. The molecule has 162 valence electrons. The quantitative estimate of drug-likeness (QED) is 0.558. The van der Waals surface area contributed by atoms with Gasteiger partial charge in [0.15, 0.2) is 5.96 Å². The summed E-state index contributed by atoms with van der Waals surface area (Å²) in [4.78, 5) is 21.8. The van der Waals surface area contributed by atoms with E-state index in [0.29, 0.717) is 42.6 Å². The van der Waals surface area contributed by atoms with Gasteiger partial charge in [0.25, 0.3) is 0 Å². The zero-order valence-corrected chi connectivity index (χ0v) is 17.8. The number of piperidine rings is 1. The van der Waals surface area contributed by atoms with Gasteiger partial charge in [0.2, 0.25) is 5.91 Å². The smallest absolute Gasteiger partial charge is 0.225 e. The number of hydrogen-bond acceptors (Lipinski definition) is 4. The largest absolute Gasteiger partial charge is 0.378 e. The first-order chi connectivity index (χ1) is 14.2. The number of aliphatic imine (C=N–C) groups is 1. The minimum Gasteiger partial charge on any atom is -0.378 e. The number of amides is 1. The molecule has 3 saturated heterocycles. The Hall–Kier alpha value is -1.34. The third kappa shape index (κ3) is 3.34. The van der Waals surface area contributed by atoms with Gasteiger partial charge in [-0.2, -0.15) is 0 Å². The van der Waals surface area contributed by atoms with E-state index in [1.165, 1.54) is 32.1 Å². The highest BCUT2D eigenvalue weighted by Gasteiger charge is 2.65. The van der Waals surface area contributed by atoms with E-state index in [1.54, 1.807) is 0 Å². The zero-order valence-electron chi connectivity index (χ0n) is 17.8. The molecule has 0 bridgehead atoms. The summed E-state index contributed by atoms with van der Waals surface area (Å²) < 4.78 is 11.5. The molecule has 0 radical (unpaired) electrons. The monoisotopic (exact) mass is 404 g/mol. The maximum atomic E-state index is 12.8. The van der Waals surface area contributed by atoms with Gasteiger partial charge in [-0.05, 0) is 32.1 Å². The van der Waals surface area contributed by atoms with Gasteiger partial charge in [0.1, 0.15) is 0 Å². The highest BCUT2D eigenvalue weighted by atomic mass is 16.5. The van der Waals surface area contributed by atoms with Crippen molar-refractivity contribution in [2.24, 2.45) is 22.2 Å². The van der Waals surface area contributed by atoms with Crippen LogP contribution in [0, 0.1) is 17.3 Å². The van der Waals surface area contributed by atoms with Crippen molar-refractivity contribution in [1.29, 1.82) is 0 Å². The van der Waals surface area contributed by atoms with Gasteiger partial charge in [-0.3, -0.25) is 9.79 Å². The van der Waals surface area contributed by atoms with Crippen molar-refractivity contribution in [3.63, 3.8) is 0 Å².